The van der Waals surface area contributed by atoms with Crippen LogP contribution in [-0.4, -0.2) is 78.1 Å². The highest BCUT2D eigenvalue weighted by atomic mass is 16.4. The van der Waals surface area contributed by atoms with Gasteiger partial charge in [-0.1, -0.05) is 0 Å². The molecule has 18 heavy (non-hydrogen) atoms. The molecule has 0 aromatic rings. The minimum atomic E-state index is -0.985. The molecule has 0 radical (unpaired) electrons. The Morgan fingerprint density at radius 2 is 1.72 bits per heavy atom. The molecule has 0 rings (SSSR count). The number of amides is 2. The van der Waals surface area contributed by atoms with E-state index in [-0.39, 0.29) is 18.6 Å². The van der Waals surface area contributed by atoms with Crippen molar-refractivity contribution in [1.29, 1.82) is 0 Å². The number of rotatable bonds is 7. The van der Waals surface area contributed by atoms with E-state index in [1.807, 2.05) is 32.8 Å². The number of hydrogen-bond acceptors (Lipinski definition) is 3. The van der Waals surface area contributed by atoms with Gasteiger partial charge >= 0.3 is 12.0 Å². The van der Waals surface area contributed by atoms with Crippen LogP contribution in [0.15, 0.2) is 0 Å². The zero-order chi connectivity index (χ0) is 14.3. The summed E-state index contributed by atoms with van der Waals surface area (Å²) in [6, 6.07) is -0.155. The number of carbonyl (C=O) groups excluding carboxylic acids is 1. The zero-order valence-corrected chi connectivity index (χ0v) is 12.0. The van der Waals surface area contributed by atoms with Gasteiger partial charge in [-0.3, -0.25) is 4.79 Å². The number of nitrogens with zero attached hydrogens (tertiary/aromatic N) is 3. The Bertz CT molecular complexity index is 282. The third-order valence-electron chi connectivity index (χ3n) is 2.73. The lowest BCUT2D eigenvalue weighted by Gasteiger charge is -2.34. The van der Waals surface area contributed by atoms with Gasteiger partial charge in [0.15, 0.2) is 0 Å². The molecule has 0 saturated heterocycles. The molecule has 0 aromatic carbocycles. The van der Waals surface area contributed by atoms with E-state index in [0.717, 1.165) is 6.54 Å². The average molecular weight is 259 g/mol. The number of carboxylic acids is 1. The molecule has 0 aliphatic rings. The van der Waals surface area contributed by atoms with Crippen LogP contribution in [0, 0.1) is 0 Å². The maximum absolute atomic E-state index is 12.2. The Morgan fingerprint density at radius 1 is 1.17 bits per heavy atom. The summed E-state index contributed by atoms with van der Waals surface area (Å²) in [5.74, 6) is -0.985. The first-order valence-electron chi connectivity index (χ1n) is 6.25. The van der Waals surface area contributed by atoms with Gasteiger partial charge < -0.3 is 19.8 Å². The van der Waals surface area contributed by atoms with E-state index in [2.05, 4.69) is 0 Å². The molecule has 0 heterocycles. The lowest BCUT2D eigenvalue weighted by Crippen LogP contribution is -2.51. The average Bonchev–Trinajstić information content (AvgIpc) is 2.25. The summed E-state index contributed by atoms with van der Waals surface area (Å²) >= 11 is 0. The molecule has 2 amide bonds. The van der Waals surface area contributed by atoms with Crippen LogP contribution in [-0.2, 0) is 4.79 Å². The van der Waals surface area contributed by atoms with Crippen molar-refractivity contribution in [3.63, 3.8) is 0 Å². The summed E-state index contributed by atoms with van der Waals surface area (Å²) in [5.41, 5.74) is 0. The first-order valence-corrected chi connectivity index (χ1v) is 6.25. The maximum atomic E-state index is 12.2. The van der Waals surface area contributed by atoms with Crippen molar-refractivity contribution in [2.24, 2.45) is 0 Å². The van der Waals surface area contributed by atoms with Crippen LogP contribution < -0.4 is 0 Å². The lowest BCUT2D eigenvalue weighted by atomic mass is 10.2. The molecule has 0 aliphatic carbocycles. The van der Waals surface area contributed by atoms with Crippen LogP contribution in [0.3, 0.4) is 0 Å². The van der Waals surface area contributed by atoms with Gasteiger partial charge in [0.1, 0.15) is 6.54 Å². The summed E-state index contributed by atoms with van der Waals surface area (Å²) < 4.78 is 0. The van der Waals surface area contributed by atoms with Gasteiger partial charge in [0.25, 0.3) is 0 Å². The van der Waals surface area contributed by atoms with Crippen LogP contribution in [0.5, 0.6) is 0 Å². The third kappa shape index (κ3) is 5.35. The minimum absolute atomic E-state index is 0.0559. The van der Waals surface area contributed by atoms with Crippen LogP contribution in [0.1, 0.15) is 20.8 Å². The van der Waals surface area contributed by atoms with Crippen LogP contribution >= 0.6 is 0 Å². The van der Waals surface area contributed by atoms with Gasteiger partial charge in [-0.15, -0.1) is 0 Å². The van der Waals surface area contributed by atoms with Crippen molar-refractivity contribution in [3.05, 3.63) is 0 Å². The highest BCUT2D eigenvalue weighted by molar-refractivity contribution is 5.80. The Kier molecular flexibility index (Phi) is 7.35. The first-order chi connectivity index (χ1) is 8.33. The molecule has 6 nitrogen and oxygen atoms in total. The molecule has 0 saturated carbocycles. The van der Waals surface area contributed by atoms with Gasteiger partial charge in [0.05, 0.1) is 0 Å². The number of urea groups is 1. The molecule has 1 N–H and O–H groups in total. The summed E-state index contributed by atoms with van der Waals surface area (Å²) in [6.45, 7) is 7.13. The van der Waals surface area contributed by atoms with Crippen molar-refractivity contribution < 1.29 is 14.7 Å². The molecule has 106 valence electrons. The molecule has 0 spiro atoms. The van der Waals surface area contributed by atoms with Crippen molar-refractivity contribution >= 4 is 12.0 Å². The van der Waals surface area contributed by atoms with Gasteiger partial charge in [-0.05, 0) is 34.9 Å². The number of aliphatic carboxylic acids is 1. The molecular formula is C12H25N3O3. The van der Waals surface area contributed by atoms with E-state index in [1.54, 1.807) is 11.8 Å². The predicted molar refractivity (Wildman–Crippen MR) is 70.7 cm³/mol. The molecule has 0 bridgehead atoms. The first kappa shape index (κ1) is 16.7. The second-order valence-electron chi connectivity index (χ2n) is 4.59. The van der Waals surface area contributed by atoms with E-state index in [0.29, 0.717) is 13.1 Å². The van der Waals surface area contributed by atoms with Crippen molar-refractivity contribution in [3.8, 4) is 0 Å². The Morgan fingerprint density at radius 3 is 2.06 bits per heavy atom. The van der Waals surface area contributed by atoms with E-state index >= 15 is 0 Å². The molecule has 1 atom stereocenters. The van der Waals surface area contributed by atoms with Crippen molar-refractivity contribution in [2.75, 3.05) is 40.3 Å². The van der Waals surface area contributed by atoms with Crippen LogP contribution in [0.4, 0.5) is 4.79 Å². The van der Waals surface area contributed by atoms with Gasteiger partial charge in [-0.25, -0.2) is 4.79 Å². The number of likely N-dealkylation sites (N-methyl/N-ethyl adjacent to an activating group) is 3. The van der Waals surface area contributed by atoms with Crippen LogP contribution in [0.25, 0.3) is 0 Å². The molecule has 0 aromatic heterocycles. The summed E-state index contributed by atoms with van der Waals surface area (Å²) in [4.78, 5) is 28.0. The molecule has 0 fully saturated rings. The fourth-order valence-corrected chi connectivity index (χ4v) is 1.92. The highest BCUT2D eigenvalue weighted by Gasteiger charge is 2.24. The quantitative estimate of drug-likeness (QED) is 0.734. The SMILES string of the molecule is CCN(CC(=O)O)C(=O)N(CC)C(C)CN(C)C. The predicted octanol–water partition coefficient (Wildman–Crippen LogP) is 0.785. The smallest absolute Gasteiger partial charge is 0.323 e. The Labute approximate surface area is 109 Å². The Hall–Kier alpha value is -1.30. The van der Waals surface area contributed by atoms with Gasteiger partial charge in [0, 0.05) is 25.7 Å². The van der Waals surface area contributed by atoms with Gasteiger partial charge in [-0.2, -0.15) is 0 Å². The highest BCUT2D eigenvalue weighted by Crippen LogP contribution is 2.06. The van der Waals surface area contributed by atoms with E-state index in [1.165, 1.54) is 4.90 Å². The van der Waals surface area contributed by atoms with Crippen LogP contribution in [0.2, 0.25) is 0 Å². The topological polar surface area (TPSA) is 64.1 Å². The fourth-order valence-electron chi connectivity index (χ4n) is 1.92. The molecule has 0 aliphatic heterocycles. The van der Waals surface area contributed by atoms with Crippen molar-refractivity contribution in [1.82, 2.24) is 14.7 Å². The third-order valence-corrected chi connectivity index (χ3v) is 2.73. The standard InChI is InChI=1S/C12H25N3O3/c1-6-14(9-11(16)17)12(18)15(7-2)10(3)8-13(4)5/h10H,6-9H2,1-5H3,(H,16,17). The zero-order valence-electron chi connectivity index (χ0n) is 12.0. The second kappa shape index (κ2) is 7.92. The second-order valence-corrected chi connectivity index (χ2v) is 4.59. The van der Waals surface area contributed by atoms with E-state index in [4.69, 9.17) is 5.11 Å². The monoisotopic (exact) mass is 259 g/mol. The lowest BCUT2D eigenvalue weighted by molar-refractivity contribution is -0.137. The molecule has 1 unspecified atom stereocenters. The summed E-state index contributed by atoms with van der Waals surface area (Å²) in [6.07, 6.45) is 0. The summed E-state index contributed by atoms with van der Waals surface area (Å²) in [7, 11) is 3.90. The minimum Gasteiger partial charge on any atom is -0.480 e. The van der Waals surface area contributed by atoms with E-state index in [9.17, 15) is 9.59 Å². The number of hydrogen-bond donors (Lipinski definition) is 1. The number of carboxylic acid groups (broad SMARTS) is 1. The maximum Gasteiger partial charge on any atom is 0.323 e. The van der Waals surface area contributed by atoms with Crippen molar-refractivity contribution in [2.45, 2.75) is 26.8 Å². The van der Waals surface area contributed by atoms with Gasteiger partial charge in [0.2, 0.25) is 0 Å². The molecular weight excluding hydrogens is 234 g/mol. The fraction of sp³-hybridized carbons (Fsp3) is 0.833. The largest absolute Gasteiger partial charge is 0.480 e. The summed E-state index contributed by atoms with van der Waals surface area (Å²) in [5, 5.41) is 8.78. The van der Waals surface area contributed by atoms with E-state index < -0.39 is 5.97 Å². The Balaban J connectivity index is 4.70. The molecule has 6 heteroatoms. The normalized spacial score (nSPS) is 12.3. The number of carbonyl (C=O) groups is 2.